The molecular formula is C12H22N2O4. The molecule has 0 aromatic carbocycles. The van der Waals surface area contributed by atoms with Crippen molar-refractivity contribution in [1.82, 2.24) is 10.2 Å². The van der Waals surface area contributed by atoms with E-state index in [1.807, 2.05) is 6.92 Å². The van der Waals surface area contributed by atoms with Crippen LogP contribution in [0.3, 0.4) is 0 Å². The van der Waals surface area contributed by atoms with Gasteiger partial charge >= 0.3 is 12.0 Å². The third-order valence-electron chi connectivity index (χ3n) is 3.22. The Hall–Kier alpha value is -1.30. The van der Waals surface area contributed by atoms with Crippen molar-refractivity contribution in [2.45, 2.75) is 44.7 Å². The first-order valence-electron chi connectivity index (χ1n) is 6.33. The van der Waals surface area contributed by atoms with Gasteiger partial charge in [0.1, 0.15) is 0 Å². The number of carbonyl (C=O) groups is 2. The van der Waals surface area contributed by atoms with Crippen LogP contribution in [0.25, 0.3) is 0 Å². The number of amides is 2. The average molecular weight is 258 g/mol. The molecule has 1 atom stereocenters. The second-order valence-electron chi connectivity index (χ2n) is 4.74. The number of hydrogen-bond donors (Lipinski definition) is 2. The van der Waals surface area contributed by atoms with E-state index >= 15 is 0 Å². The SMILES string of the molecule is CC(CCC(=O)O)NC(=O)N(C)C1CCOCC1. The molecule has 1 saturated heterocycles. The van der Waals surface area contributed by atoms with E-state index in [1.54, 1.807) is 11.9 Å². The summed E-state index contributed by atoms with van der Waals surface area (Å²) in [4.78, 5) is 24.1. The monoisotopic (exact) mass is 258 g/mol. The lowest BCUT2D eigenvalue weighted by Crippen LogP contribution is -2.48. The number of ether oxygens (including phenoxy) is 1. The summed E-state index contributed by atoms with van der Waals surface area (Å²) in [5, 5.41) is 11.4. The maximum absolute atomic E-state index is 11.9. The number of carboxylic acids is 1. The van der Waals surface area contributed by atoms with E-state index in [9.17, 15) is 9.59 Å². The smallest absolute Gasteiger partial charge is 0.317 e. The molecule has 0 spiro atoms. The zero-order valence-electron chi connectivity index (χ0n) is 11.0. The van der Waals surface area contributed by atoms with Crippen LogP contribution in [-0.4, -0.2) is 54.4 Å². The van der Waals surface area contributed by atoms with Gasteiger partial charge in [0.25, 0.3) is 0 Å². The van der Waals surface area contributed by atoms with Gasteiger partial charge in [-0.15, -0.1) is 0 Å². The van der Waals surface area contributed by atoms with Gasteiger partial charge in [0, 0.05) is 38.8 Å². The third kappa shape index (κ3) is 4.91. The van der Waals surface area contributed by atoms with Crippen LogP contribution < -0.4 is 5.32 Å². The molecule has 0 aromatic heterocycles. The molecule has 6 nitrogen and oxygen atoms in total. The Balaban J connectivity index is 2.31. The molecule has 0 aromatic rings. The summed E-state index contributed by atoms with van der Waals surface area (Å²) in [7, 11) is 1.77. The molecule has 0 aliphatic carbocycles. The lowest BCUT2D eigenvalue weighted by molar-refractivity contribution is -0.137. The van der Waals surface area contributed by atoms with Crippen molar-refractivity contribution < 1.29 is 19.4 Å². The Morgan fingerprint density at radius 3 is 2.61 bits per heavy atom. The van der Waals surface area contributed by atoms with Gasteiger partial charge in [-0.3, -0.25) is 4.79 Å². The lowest BCUT2D eigenvalue weighted by atomic mass is 10.1. The van der Waals surface area contributed by atoms with Crippen molar-refractivity contribution in [3.63, 3.8) is 0 Å². The molecule has 2 N–H and O–H groups in total. The van der Waals surface area contributed by atoms with Gasteiger partial charge in [-0.1, -0.05) is 0 Å². The number of urea groups is 1. The van der Waals surface area contributed by atoms with Crippen molar-refractivity contribution >= 4 is 12.0 Å². The van der Waals surface area contributed by atoms with Crippen molar-refractivity contribution in [1.29, 1.82) is 0 Å². The summed E-state index contributed by atoms with van der Waals surface area (Å²) in [5.41, 5.74) is 0. The molecule has 1 heterocycles. The van der Waals surface area contributed by atoms with Crippen LogP contribution in [0.5, 0.6) is 0 Å². The predicted octanol–water partition coefficient (Wildman–Crippen LogP) is 1.06. The topological polar surface area (TPSA) is 78.9 Å². The van der Waals surface area contributed by atoms with Gasteiger partial charge in [-0.05, 0) is 26.2 Å². The number of carbonyl (C=O) groups excluding carboxylic acids is 1. The average Bonchev–Trinajstić information content (AvgIpc) is 2.36. The van der Waals surface area contributed by atoms with Crippen LogP contribution in [-0.2, 0) is 9.53 Å². The Morgan fingerprint density at radius 2 is 2.06 bits per heavy atom. The van der Waals surface area contributed by atoms with E-state index in [0.717, 1.165) is 12.8 Å². The van der Waals surface area contributed by atoms with Crippen LogP contribution in [0.15, 0.2) is 0 Å². The van der Waals surface area contributed by atoms with E-state index in [1.165, 1.54) is 0 Å². The van der Waals surface area contributed by atoms with E-state index < -0.39 is 5.97 Å². The van der Waals surface area contributed by atoms with Crippen LogP contribution >= 0.6 is 0 Å². The quantitative estimate of drug-likeness (QED) is 0.773. The zero-order chi connectivity index (χ0) is 13.5. The van der Waals surface area contributed by atoms with E-state index in [2.05, 4.69) is 5.32 Å². The fourth-order valence-electron chi connectivity index (χ4n) is 1.96. The van der Waals surface area contributed by atoms with E-state index in [0.29, 0.717) is 19.6 Å². The largest absolute Gasteiger partial charge is 0.481 e. The fourth-order valence-corrected chi connectivity index (χ4v) is 1.96. The van der Waals surface area contributed by atoms with Gasteiger partial charge in [0.2, 0.25) is 0 Å². The molecule has 1 fully saturated rings. The fraction of sp³-hybridized carbons (Fsp3) is 0.833. The summed E-state index contributed by atoms with van der Waals surface area (Å²) < 4.78 is 5.25. The minimum absolute atomic E-state index is 0.0719. The van der Waals surface area contributed by atoms with E-state index in [-0.39, 0.29) is 24.5 Å². The molecule has 6 heteroatoms. The minimum Gasteiger partial charge on any atom is -0.481 e. The van der Waals surface area contributed by atoms with Crippen molar-refractivity contribution in [3.05, 3.63) is 0 Å². The van der Waals surface area contributed by atoms with Crippen LogP contribution in [0.2, 0.25) is 0 Å². The summed E-state index contributed by atoms with van der Waals surface area (Å²) in [6, 6.07) is -0.0545. The number of rotatable bonds is 5. The van der Waals surface area contributed by atoms with E-state index in [4.69, 9.17) is 9.84 Å². The maximum atomic E-state index is 11.9. The lowest BCUT2D eigenvalue weighted by Gasteiger charge is -2.32. The van der Waals surface area contributed by atoms with Crippen molar-refractivity contribution in [2.75, 3.05) is 20.3 Å². The van der Waals surface area contributed by atoms with Crippen LogP contribution in [0.1, 0.15) is 32.6 Å². The molecule has 0 saturated carbocycles. The van der Waals surface area contributed by atoms with Crippen molar-refractivity contribution in [2.24, 2.45) is 0 Å². The molecule has 1 aliphatic heterocycles. The van der Waals surface area contributed by atoms with Gasteiger partial charge in [0.15, 0.2) is 0 Å². The highest BCUT2D eigenvalue weighted by molar-refractivity contribution is 5.74. The Labute approximate surface area is 107 Å². The number of hydrogen-bond acceptors (Lipinski definition) is 3. The first-order chi connectivity index (χ1) is 8.50. The molecule has 18 heavy (non-hydrogen) atoms. The summed E-state index contributed by atoms with van der Waals surface area (Å²) in [6.07, 6.45) is 2.23. The number of nitrogens with zero attached hydrogens (tertiary/aromatic N) is 1. The molecule has 104 valence electrons. The molecule has 1 unspecified atom stereocenters. The highest BCUT2D eigenvalue weighted by Gasteiger charge is 2.23. The Kier molecular flexibility index (Phi) is 5.91. The van der Waals surface area contributed by atoms with Crippen molar-refractivity contribution in [3.8, 4) is 0 Å². The standard InChI is InChI=1S/C12H22N2O4/c1-9(3-4-11(15)16)13-12(17)14(2)10-5-7-18-8-6-10/h9-10H,3-8H2,1-2H3,(H,13,17)(H,15,16). The predicted molar refractivity (Wildman–Crippen MR) is 66.5 cm³/mol. The Bertz CT molecular complexity index is 290. The highest BCUT2D eigenvalue weighted by atomic mass is 16.5. The number of aliphatic carboxylic acids is 1. The second-order valence-corrected chi connectivity index (χ2v) is 4.74. The van der Waals surface area contributed by atoms with Gasteiger partial charge in [0.05, 0.1) is 0 Å². The third-order valence-corrected chi connectivity index (χ3v) is 3.22. The molecular weight excluding hydrogens is 236 g/mol. The summed E-state index contributed by atoms with van der Waals surface area (Å²) >= 11 is 0. The number of nitrogens with one attached hydrogen (secondary N) is 1. The molecule has 1 rings (SSSR count). The zero-order valence-corrected chi connectivity index (χ0v) is 11.0. The maximum Gasteiger partial charge on any atom is 0.317 e. The normalized spacial score (nSPS) is 18.1. The van der Waals surface area contributed by atoms with Crippen LogP contribution in [0, 0.1) is 0 Å². The first kappa shape index (κ1) is 14.8. The molecule has 0 bridgehead atoms. The molecule has 1 aliphatic rings. The minimum atomic E-state index is -0.839. The van der Waals surface area contributed by atoms with Gasteiger partial charge < -0.3 is 20.1 Å². The summed E-state index contributed by atoms with van der Waals surface area (Å²) in [6.45, 7) is 3.20. The summed E-state index contributed by atoms with van der Waals surface area (Å²) in [5.74, 6) is -0.839. The van der Waals surface area contributed by atoms with Gasteiger partial charge in [-0.25, -0.2) is 4.79 Å². The molecule has 2 amide bonds. The number of carboxylic acid groups (broad SMARTS) is 1. The van der Waals surface area contributed by atoms with Gasteiger partial charge in [-0.2, -0.15) is 0 Å². The second kappa shape index (κ2) is 7.20. The van der Waals surface area contributed by atoms with Crippen LogP contribution in [0.4, 0.5) is 4.79 Å². The first-order valence-corrected chi connectivity index (χ1v) is 6.33. The highest BCUT2D eigenvalue weighted by Crippen LogP contribution is 2.13. The molecule has 0 radical (unpaired) electrons. The Morgan fingerprint density at radius 1 is 1.44 bits per heavy atom.